The molecular formula is C6H7NO3. The molecule has 10 heavy (non-hydrogen) atoms. The number of carbonyl (C=O) groups is 2. The smallest absolute Gasteiger partial charge is 0.258 e. The highest BCUT2D eigenvalue weighted by Crippen LogP contribution is 2.41. The molecule has 0 spiro atoms. The van der Waals surface area contributed by atoms with Crippen LogP contribution >= 0.6 is 0 Å². The summed E-state index contributed by atoms with van der Waals surface area (Å²) in [6.07, 6.45) is 0.634. The molecule has 2 bridgehead atoms. The van der Waals surface area contributed by atoms with Crippen molar-refractivity contribution in [2.45, 2.75) is 18.4 Å². The number of imide groups is 1. The van der Waals surface area contributed by atoms with Gasteiger partial charge in [0.05, 0.1) is 0 Å². The van der Waals surface area contributed by atoms with Crippen molar-refractivity contribution in [3.05, 3.63) is 0 Å². The van der Waals surface area contributed by atoms with Crippen molar-refractivity contribution < 1.29 is 14.7 Å². The molecule has 0 aromatic carbocycles. The zero-order valence-corrected chi connectivity index (χ0v) is 5.26. The second-order valence-corrected chi connectivity index (χ2v) is 2.96. The Morgan fingerprint density at radius 2 is 2.10 bits per heavy atom. The van der Waals surface area contributed by atoms with Gasteiger partial charge in [-0.3, -0.25) is 14.9 Å². The normalized spacial score (nSPS) is 44.3. The molecule has 1 saturated carbocycles. The Kier molecular flexibility index (Phi) is 0.817. The Labute approximate surface area is 57.2 Å². The summed E-state index contributed by atoms with van der Waals surface area (Å²) in [5, 5.41) is 11.4. The largest absolute Gasteiger partial charge is 0.380 e. The van der Waals surface area contributed by atoms with Crippen LogP contribution in [0.5, 0.6) is 0 Å². The van der Waals surface area contributed by atoms with E-state index in [-0.39, 0.29) is 11.8 Å². The molecule has 3 aliphatic rings. The van der Waals surface area contributed by atoms with E-state index in [1.54, 1.807) is 0 Å². The fraction of sp³-hybridized carbons (Fsp3) is 0.667. The third-order valence-electron chi connectivity index (χ3n) is 2.20. The predicted molar refractivity (Wildman–Crippen MR) is 30.8 cm³/mol. The van der Waals surface area contributed by atoms with E-state index in [1.165, 1.54) is 0 Å². The first-order valence-electron chi connectivity index (χ1n) is 3.19. The monoisotopic (exact) mass is 141 g/mol. The Morgan fingerprint density at radius 1 is 1.50 bits per heavy atom. The second kappa shape index (κ2) is 1.40. The van der Waals surface area contributed by atoms with Crippen LogP contribution in [-0.2, 0) is 9.59 Å². The summed E-state index contributed by atoms with van der Waals surface area (Å²) in [7, 11) is 0. The van der Waals surface area contributed by atoms with E-state index in [0.717, 1.165) is 0 Å². The van der Waals surface area contributed by atoms with Crippen molar-refractivity contribution in [3.63, 3.8) is 0 Å². The van der Waals surface area contributed by atoms with Crippen molar-refractivity contribution in [1.82, 2.24) is 5.32 Å². The average Bonchev–Trinajstić information content (AvgIpc) is 1.76. The highest BCUT2D eigenvalue weighted by molar-refractivity contribution is 6.06. The molecule has 2 amide bonds. The lowest BCUT2D eigenvalue weighted by Crippen LogP contribution is -2.66. The lowest BCUT2D eigenvalue weighted by atomic mass is 9.67. The highest BCUT2D eigenvalue weighted by Gasteiger charge is 2.56. The summed E-state index contributed by atoms with van der Waals surface area (Å²) in [5.74, 6) is -0.886. The molecule has 3 fully saturated rings. The van der Waals surface area contributed by atoms with Crippen molar-refractivity contribution >= 4 is 11.8 Å². The molecule has 0 radical (unpaired) electrons. The number of carbonyl (C=O) groups excluding carboxylic acids is 2. The van der Waals surface area contributed by atoms with E-state index in [4.69, 9.17) is 0 Å². The number of amides is 2. The quantitative estimate of drug-likeness (QED) is 0.416. The van der Waals surface area contributed by atoms with Crippen molar-refractivity contribution in [3.8, 4) is 0 Å². The van der Waals surface area contributed by atoms with Crippen LogP contribution in [0, 0.1) is 5.92 Å². The average molecular weight is 141 g/mol. The van der Waals surface area contributed by atoms with Crippen LogP contribution < -0.4 is 5.32 Å². The van der Waals surface area contributed by atoms with Gasteiger partial charge in [-0.05, 0) is 12.8 Å². The molecule has 0 atom stereocenters. The van der Waals surface area contributed by atoms with E-state index in [0.29, 0.717) is 12.8 Å². The van der Waals surface area contributed by atoms with Crippen LogP contribution in [0.15, 0.2) is 0 Å². The maximum atomic E-state index is 10.8. The third-order valence-corrected chi connectivity index (χ3v) is 2.20. The number of nitrogens with one attached hydrogen (secondary N) is 1. The number of aliphatic hydroxyl groups is 1. The van der Waals surface area contributed by atoms with Gasteiger partial charge in [0.1, 0.15) is 5.60 Å². The highest BCUT2D eigenvalue weighted by atomic mass is 16.3. The van der Waals surface area contributed by atoms with Gasteiger partial charge in [0.25, 0.3) is 5.91 Å². The lowest BCUT2D eigenvalue weighted by Gasteiger charge is -2.45. The molecule has 4 nitrogen and oxygen atoms in total. The van der Waals surface area contributed by atoms with Gasteiger partial charge in [0.2, 0.25) is 5.91 Å². The summed E-state index contributed by atoms with van der Waals surface area (Å²) in [6.45, 7) is 0. The van der Waals surface area contributed by atoms with Crippen LogP contribution in [-0.4, -0.2) is 22.5 Å². The first-order chi connectivity index (χ1) is 4.62. The molecule has 3 rings (SSSR count). The van der Waals surface area contributed by atoms with Crippen LogP contribution in [0.3, 0.4) is 0 Å². The van der Waals surface area contributed by atoms with Crippen LogP contribution in [0.2, 0.25) is 0 Å². The summed E-state index contributed by atoms with van der Waals surface area (Å²) < 4.78 is 0. The zero-order chi connectivity index (χ0) is 7.35. The molecule has 2 N–H and O–H groups in total. The Bertz CT molecular complexity index is 217. The van der Waals surface area contributed by atoms with E-state index in [2.05, 4.69) is 5.32 Å². The summed E-state index contributed by atoms with van der Waals surface area (Å²) >= 11 is 0. The molecule has 0 unspecified atom stereocenters. The summed E-state index contributed by atoms with van der Waals surface area (Å²) in [4.78, 5) is 21.5. The zero-order valence-electron chi connectivity index (χ0n) is 5.26. The van der Waals surface area contributed by atoms with Gasteiger partial charge < -0.3 is 5.11 Å². The molecular weight excluding hydrogens is 134 g/mol. The third kappa shape index (κ3) is 0.495. The van der Waals surface area contributed by atoms with Crippen molar-refractivity contribution in [2.75, 3.05) is 0 Å². The number of rotatable bonds is 0. The molecule has 2 saturated heterocycles. The molecule has 1 aliphatic carbocycles. The standard InChI is InChI=1S/C6H7NO3/c8-4-3-1-6(10,2-3)5(9)7-4/h3,10H,1-2H2,(H,7,8,9). The van der Waals surface area contributed by atoms with E-state index in [9.17, 15) is 14.7 Å². The van der Waals surface area contributed by atoms with Gasteiger partial charge in [-0.1, -0.05) is 0 Å². The van der Waals surface area contributed by atoms with Crippen molar-refractivity contribution in [2.24, 2.45) is 5.92 Å². The maximum absolute atomic E-state index is 10.8. The summed E-state index contributed by atoms with van der Waals surface area (Å²) in [5.41, 5.74) is -1.21. The molecule has 2 aliphatic heterocycles. The molecule has 54 valence electrons. The fourth-order valence-corrected chi connectivity index (χ4v) is 1.46. The molecule has 0 aromatic heterocycles. The Hall–Kier alpha value is -0.900. The first-order valence-corrected chi connectivity index (χ1v) is 3.19. The van der Waals surface area contributed by atoms with Crippen LogP contribution in [0.1, 0.15) is 12.8 Å². The van der Waals surface area contributed by atoms with Gasteiger partial charge in [-0.15, -0.1) is 0 Å². The molecule has 4 heteroatoms. The SMILES string of the molecule is O=C1NC(=O)C2(O)CC1C2. The topological polar surface area (TPSA) is 66.4 Å². The van der Waals surface area contributed by atoms with Gasteiger partial charge in [-0.25, -0.2) is 0 Å². The molecule has 2 heterocycles. The second-order valence-electron chi connectivity index (χ2n) is 2.96. The van der Waals surface area contributed by atoms with Crippen LogP contribution in [0.25, 0.3) is 0 Å². The number of piperidine rings is 2. The Morgan fingerprint density at radius 3 is 2.50 bits per heavy atom. The number of fused-ring (bicyclic) bond motifs is 2. The van der Waals surface area contributed by atoms with E-state index < -0.39 is 11.5 Å². The van der Waals surface area contributed by atoms with Crippen LogP contribution in [0.4, 0.5) is 0 Å². The minimum Gasteiger partial charge on any atom is -0.380 e. The van der Waals surface area contributed by atoms with Gasteiger partial charge in [0.15, 0.2) is 0 Å². The fourth-order valence-electron chi connectivity index (χ4n) is 1.46. The number of hydrogen-bond acceptors (Lipinski definition) is 3. The lowest BCUT2D eigenvalue weighted by molar-refractivity contribution is -0.173. The predicted octanol–water partition coefficient (Wildman–Crippen LogP) is -1.22. The van der Waals surface area contributed by atoms with Gasteiger partial charge in [0, 0.05) is 5.92 Å². The van der Waals surface area contributed by atoms with Gasteiger partial charge >= 0.3 is 0 Å². The van der Waals surface area contributed by atoms with E-state index >= 15 is 0 Å². The van der Waals surface area contributed by atoms with E-state index in [1.807, 2.05) is 0 Å². The molecule has 0 aromatic rings. The summed E-state index contributed by atoms with van der Waals surface area (Å²) in [6, 6.07) is 0. The number of hydrogen-bond donors (Lipinski definition) is 2. The maximum Gasteiger partial charge on any atom is 0.258 e. The van der Waals surface area contributed by atoms with Gasteiger partial charge in [-0.2, -0.15) is 0 Å². The minimum absolute atomic E-state index is 0.123. The Balaban J connectivity index is 2.27. The van der Waals surface area contributed by atoms with Crippen molar-refractivity contribution in [1.29, 1.82) is 0 Å². The first kappa shape index (κ1) is 5.85. The minimum atomic E-state index is -1.21.